The molecule has 9 heteroatoms. The molecule has 0 spiro atoms. The normalized spacial score (nSPS) is 13.4. The fourth-order valence-electron chi connectivity index (χ4n) is 3.53. The van der Waals surface area contributed by atoms with Crippen molar-refractivity contribution in [3.05, 3.63) is 71.8 Å². The second-order valence-corrected chi connectivity index (χ2v) is 8.85. The number of hydrogen-bond donors (Lipinski definition) is 5. The summed E-state index contributed by atoms with van der Waals surface area (Å²) in [7, 11) is 0. The second-order valence-electron chi connectivity index (χ2n) is 8.85. The lowest BCUT2D eigenvalue weighted by molar-refractivity contribution is -0.142. The first-order chi connectivity index (χ1) is 16.7. The molecular weight excluding hydrogens is 448 g/mol. The van der Waals surface area contributed by atoms with Crippen LogP contribution in [0.25, 0.3) is 0 Å². The molecule has 188 valence electrons. The number of nitrogens with two attached hydrogens (primary N) is 1. The molecular formula is C26H34N4O5. The summed E-state index contributed by atoms with van der Waals surface area (Å²) in [6, 6.07) is 15.6. The van der Waals surface area contributed by atoms with Crippen LogP contribution in [0.15, 0.2) is 60.7 Å². The van der Waals surface area contributed by atoms with E-state index < -0.39 is 48.4 Å². The average molecular weight is 483 g/mol. The summed E-state index contributed by atoms with van der Waals surface area (Å²) in [6.45, 7) is 3.28. The van der Waals surface area contributed by atoms with Crippen molar-refractivity contribution < 1.29 is 24.3 Å². The van der Waals surface area contributed by atoms with Gasteiger partial charge in [0, 0.05) is 6.42 Å². The predicted octanol–water partition coefficient (Wildman–Crippen LogP) is 1.02. The van der Waals surface area contributed by atoms with E-state index in [1.807, 2.05) is 74.5 Å². The Kier molecular flexibility index (Phi) is 10.9. The number of amides is 3. The van der Waals surface area contributed by atoms with E-state index in [0.29, 0.717) is 6.42 Å². The van der Waals surface area contributed by atoms with Gasteiger partial charge in [-0.15, -0.1) is 0 Å². The van der Waals surface area contributed by atoms with Crippen LogP contribution in [-0.4, -0.2) is 53.5 Å². The summed E-state index contributed by atoms with van der Waals surface area (Å²) < 4.78 is 0. The van der Waals surface area contributed by atoms with Crippen LogP contribution < -0.4 is 21.7 Å². The highest BCUT2D eigenvalue weighted by molar-refractivity contribution is 5.92. The van der Waals surface area contributed by atoms with Gasteiger partial charge in [-0.3, -0.25) is 14.4 Å². The van der Waals surface area contributed by atoms with Gasteiger partial charge in [-0.25, -0.2) is 4.79 Å². The van der Waals surface area contributed by atoms with Gasteiger partial charge in [0.05, 0.1) is 12.6 Å². The molecule has 0 aliphatic heterocycles. The lowest BCUT2D eigenvalue weighted by Gasteiger charge is -2.21. The summed E-state index contributed by atoms with van der Waals surface area (Å²) in [5.74, 6) is -2.76. The third-order valence-corrected chi connectivity index (χ3v) is 5.31. The number of rotatable bonds is 13. The van der Waals surface area contributed by atoms with Gasteiger partial charge in [0.15, 0.2) is 0 Å². The van der Waals surface area contributed by atoms with Gasteiger partial charge in [0.1, 0.15) is 12.1 Å². The first-order valence-electron chi connectivity index (χ1n) is 11.6. The van der Waals surface area contributed by atoms with Crippen molar-refractivity contribution in [2.75, 3.05) is 6.54 Å². The third kappa shape index (κ3) is 9.97. The molecule has 9 nitrogen and oxygen atoms in total. The van der Waals surface area contributed by atoms with Gasteiger partial charge >= 0.3 is 5.97 Å². The molecule has 2 rings (SSSR count). The van der Waals surface area contributed by atoms with Gasteiger partial charge in [-0.2, -0.15) is 0 Å². The second kappa shape index (κ2) is 13.9. The van der Waals surface area contributed by atoms with E-state index in [-0.39, 0.29) is 18.8 Å². The molecule has 0 saturated heterocycles. The van der Waals surface area contributed by atoms with Crippen LogP contribution in [0.5, 0.6) is 0 Å². The number of nitrogens with one attached hydrogen (secondary N) is 3. The van der Waals surface area contributed by atoms with Crippen LogP contribution in [0.3, 0.4) is 0 Å². The van der Waals surface area contributed by atoms with Crippen LogP contribution in [-0.2, 0) is 32.0 Å². The van der Waals surface area contributed by atoms with Crippen LogP contribution in [0.4, 0.5) is 0 Å². The minimum atomic E-state index is -1.14. The van der Waals surface area contributed by atoms with Crippen molar-refractivity contribution in [1.82, 2.24) is 16.0 Å². The zero-order chi connectivity index (χ0) is 25.8. The summed E-state index contributed by atoms with van der Waals surface area (Å²) in [4.78, 5) is 49.3. The topological polar surface area (TPSA) is 151 Å². The molecule has 0 radical (unpaired) electrons. The molecule has 35 heavy (non-hydrogen) atoms. The van der Waals surface area contributed by atoms with Gasteiger partial charge in [-0.05, 0) is 29.9 Å². The number of aliphatic carboxylic acids is 1. The van der Waals surface area contributed by atoms with Gasteiger partial charge < -0.3 is 26.8 Å². The average Bonchev–Trinajstić information content (AvgIpc) is 2.82. The van der Waals surface area contributed by atoms with Crippen molar-refractivity contribution in [2.45, 2.75) is 51.2 Å². The Balaban J connectivity index is 2.01. The smallest absolute Gasteiger partial charge is 0.326 e. The molecule has 0 aromatic heterocycles. The summed E-state index contributed by atoms with van der Waals surface area (Å²) in [5.41, 5.74) is 7.78. The van der Waals surface area contributed by atoms with Crippen LogP contribution in [0.1, 0.15) is 31.4 Å². The monoisotopic (exact) mass is 482 g/mol. The molecule has 0 unspecified atom stereocenters. The largest absolute Gasteiger partial charge is 0.480 e. The number of carbonyl (C=O) groups excluding carboxylic acids is 3. The predicted molar refractivity (Wildman–Crippen MR) is 132 cm³/mol. The SMILES string of the molecule is CC(C)C[C@H](NC(=O)CNC(=O)[C@H](Cc1ccccc1)NC(=O)[C@@H](N)Cc1ccccc1)C(=O)O. The number of carbonyl (C=O) groups is 4. The van der Waals surface area contributed by atoms with E-state index in [1.165, 1.54) is 0 Å². The maximum atomic E-state index is 12.9. The van der Waals surface area contributed by atoms with Crippen LogP contribution in [0, 0.1) is 5.92 Å². The van der Waals surface area contributed by atoms with Gasteiger partial charge in [-0.1, -0.05) is 74.5 Å². The maximum absolute atomic E-state index is 12.9. The first kappa shape index (κ1) is 27.5. The maximum Gasteiger partial charge on any atom is 0.326 e. The molecule has 2 aromatic rings. The Bertz CT molecular complexity index is 982. The highest BCUT2D eigenvalue weighted by Gasteiger charge is 2.26. The van der Waals surface area contributed by atoms with E-state index in [2.05, 4.69) is 16.0 Å². The van der Waals surface area contributed by atoms with Crippen LogP contribution in [0.2, 0.25) is 0 Å². The molecule has 3 atom stereocenters. The Morgan fingerprint density at radius 3 is 1.86 bits per heavy atom. The van der Waals surface area contributed by atoms with Crippen molar-refractivity contribution in [3.63, 3.8) is 0 Å². The Morgan fingerprint density at radius 1 is 0.800 bits per heavy atom. The summed E-state index contributed by atoms with van der Waals surface area (Å²) in [5, 5.41) is 16.9. The van der Waals surface area contributed by atoms with E-state index >= 15 is 0 Å². The molecule has 2 aromatic carbocycles. The first-order valence-corrected chi connectivity index (χ1v) is 11.6. The molecule has 0 bridgehead atoms. The molecule has 0 heterocycles. The zero-order valence-electron chi connectivity index (χ0n) is 20.1. The van der Waals surface area contributed by atoms with Crippen molar-refractivity contribution in [1.29, 1.82) is 0 Å². The van der Waals surface area contributed by atoms with Crippen LogP contribution >= 0.6 is 0 Å². The standard InChI is InChI=1S/C26H34N4O5/c1-17(2)13-22(26(34)35)29-23(31)16-28-25(33)21(15-19-11-7-4-8-12-19)30-24(32)20(27)14-18-9-5-3-6-10-18/h3-12,17,20-22H,13-16,27H2,1-2H3,(H,28,33)(H,29,31)(H,30,32)(H,34,35)/t20-,21-,22-/m0/s1. The number of hydrogen-bond acceptors (Lipinski definition) is 5. The fraction of sp³-hybridized carbons (Fsp3) is 0.385. The lowest BCUT2D eigenvalue weighted by Crippen LogP contribution is -2.54. The van der Waals surface area contributed by atoms with Crippen molar-refractivity contribution in [2.24, 2.45) is 11.7 Å². The summed E-state index contributed by atoms with van der Waals surface area (Å²) >= 11 is 0. The number of benzene rings is 2. The van der Waals surface area contributed by atoms with Crippen molar-refractivity contribution >= 4 is 23.7 Å². The molecule has 0 saturated carbocycles. The minimum Gasteiger partial charge on any atom is -0.480 e. The quantitative estimate of drug-likeness (QED) is 0.288. The highest BCUT2D eigenvalue weighted by Crippen LogP contribution is 2.07. The Morgan fingerprint density at radius 2 is 1.34 bits per heavy atom. The summed E-state index contributed by atoms with van der Waals surface area (Å²) in [6.07, 6.45) is 0.769. The minimum absolute atomic E-state index is 0.0663. The lowest BCUT2D eigenvalue weighted by atomic mass is 10.0. The third-order valence-electron chi connectivity index (χ3n) is 5.31. The molecule has 6 N–H and O–H groups in total. The van der Waals surface area contributed by atoms with E-state index in [9.17, 15) is 24.3 Å². The van der Waals surface area contributed by atoms with E-state index in [0.717, 1.165) is 11.1 Å². The van der Waals surface area contributed by atoms with Crippen molar-refractivity contribution in [3.8, 4) is 0 Å². The van der Waals surface area contributed by atoms with E-state index in [1.54, 1.807) is 0 Å². The van der Waals surface area contributed by atoms with Gasteiger partial charge in [0.25, 0.3) is 0 Å². The Hall–Kier alpha value is -3.72. The molecule has 0 fully saturated rings. The molecule has 0 aliphatic rings. The number of carboxylic acid groups (broad SMARTS) is 1. The zero-order valence-corrected chi connectivity index (χ0v) is 20.1. The van der Waals surface area contributed by atoms with E-state index in [4.69, 9.17) is 5.73 Å². The molecule has 0 aliphatic carbocycles. The Labute approximate surface area is 205 Å². The number of carboxylic acids is 1. The fourth-order valence-corrected chi connectivity index (χ4v) is 3.53. The molecule has 3 amide bonds. The highest BCUT2D eigenvalue weighted by atomic mass is 16.4. The van der Waals surface area contributed by atoms with Gasteiger partial charge in [0.2, 0.25) is 17.7 Å².